The van der Waals surface area contributed by atoms with Gasteiger partial charge in [0, 0.05) is 26.6 Å². The van der Waals surface area contributed by atoms with E-state index in [9.17, 15) is 4.79 Å². The second-order valence-corrected chi connectivity index (χ2v) is 5.38. The van der Waals surface area contributed by atoms with Gasteiger partial charge in [-0.15, -0.1) is 0 Å². The summed E-state index contributed by atoms with van der Waals surface area (Å²) in [5, 5.41) is 0. The Morgan fingerprint density at radius 2 is 1.55 bits per heavy atom. The van der Waals surface area contributed by atoms with Gasteiger partial charge in [0.1, 0.15) is 0 Å². The predicted octanol–water partition coefficient (Wildman–Crippen LogP) is 3.64. The molecule has 2 rings (SSSR count). The third-order valence-electron chi connectivity index (χ3n) is 3.48. The van der Waals surface area contributed by atoms with Crippen molar-refractivity contribution in [2.75, 3.05) is 13.7 Å². The van der Waals surface area contributed by atoms with Crippen molar-refractivity contribution in [3.8, 4) is 0 Å². The van der Waals surface area contributed by atoms with Crippen molar-refractivity contribution in [3.05, 3.63) is 71.8 Å². The molecular formula is C19H23NO2. The second kappa shape index (κ2) is 9.00. The average Bonchev–Trinajstić information content (AvgIpc) is 2.56. The number of carbonyl (C=O) groups is 1. The van der Waals surface area contributed by atoms with Gasteiger partial charge >= 0.3 is 0 Å². The van der Waals surface area contributed by atoms with Crippen molar-refractivity contribution in [2.45, 2.75) is 26.0 Å². The highest BCUT2D eigenvalue weighted by Crippen LogP contribution is 2.06. The topological polar surface area (TPSA) is 29.5 Å². The molecule has 0 unspecified atom stereocenters. The molecule has 1 amide bonds. The summed E-state index contributed by atoms with van der Waals surface area (Å²) < 4.78 is 5.60. The van der Waals surface area contributed by atoms with Gasteiger partial charge in [0.15, 0.2) is 0 Å². The number of hydrogen-bond donors (Lipinski definition) is 0. The van der Waals surface area contributed by atoms with E-state index in [0.29, 0.717) is 26.2 Å². The van der Waals surface area contributed by atoms with E-state index in [1.54, 1.807) is 4.90 Å². The van der Waals surface area contributed by atoms with Gasteiger partial charge in [0.05, 0.1) is 6.61 Å². The Hall–Kier alpha value is -2.13. The van der Waals surface area contributed by atoms with Crippen LogP contribution in [-0.4, -0.2) is 24.5 Å². The number of nitrogens with zero attached hydrogens (tertiary/aromatic N) is 1. The summed E-state index contributed by atoms with van der Waals surface area (Å²) in [4.78, 5) is 13.8. The first-order valence-corrected chi connectivity index (χ1v) is 7.65. The zero-order valence-corrected chi connectivity index (χ0v) is 13.1. The SMILES string of the molecule is CN(Cc1ccccc1)C(=O)CCCOCc1ccccc1. The van der Waals surface area contributed by atoms with Crippen LogP contribution in [0.3, 0.4) is 0 Å². The van der Waals surface area contributed by atoms with Crippen LogP contribution >= 0.6 is 0 Å². The zero-order valence-electron chi connectivity index (χ0n) is 13.1. The predicted molar refractivity (Wildman–Crippen MR) is 88.2 cm³/mol. The van der Waals surface area contributed by atoms with Crippen molar-refractivity contribution in [1.82, 2.24) is 4.90 Å². The number of benzene rings is 2. The summed E-state index contributed by atoms with van der Waals surface area (Å²) in [7, 11) is 1.85. The van der Waals surface area contributed by atoms with Crippen molar-refractivity contribution in [3.63, 3.8) is 0 Å². The molecular weight excluding hydrogens is 274 g/mol. The maximum atomic E-state index is 12.1. The minimum atomic E-state index is 0.159. The molecule has 0 radical (unpaired) electrons. The minimum Gasteiger partial charge on any atom is -0.377 e. The number of carbonyl (C=O) groups excluding carboxylic acids is 1. The Bertz CT molecular complexity index is 554. The lowest BCUT2D eigenvalue weighted by molar-refractivity contribution is -0.130. The fourth-order valence-electron chi connectivity index (χ4n) is 2.23. The smallest absolute Gasteiger partial charge is 0.222 e. The molecule has 0 aromatic heterocycles. The quantitative estimate of drug-likeness (QED) is 0.696. The summed E-state index contributed by atoms with van der Waals surface area (Å²) in [5.74, 6) is 0.159. The molecule has 0 aliphatic rings. The van der Waals surface area contributed by atoms with Gasteiger partial charge in [-0.3, -0.25) is 4.79 Å². The molecule has 0 fully saturated rings. The summed E-state index contributed by atoms with van der Waals surface area (Å²) in [6.07, 6.45) is 1.28. The van der Waals surface area contributed by atoms with Crippen LogP contribution in [-0.2, 0) is 22.7 Å². The van der Waals surface area contributed by atoms with Gasteiger partial charge in [0.25, 0.3) is 0 Å². The molecule has 0 bridgehead atoms. The third-order valence-corrected chi connectivity index (χ3v) is 3.48. The molecule has 3 nitrogen and oxygen atoms in total. The summed E-state index contributed by atoms with van der Waals surface area (Å²) in [6, 6.07) is 20.1. The molecule has 3 heteroatoms. The van der Waals surface area contributed by atoms with Crippen LogP contribution in [0.25, 0.3) is 0 Å². The lowest BCUT2D eigenvalue weighted by Crippen LogP contribution is -2.26. The molecule has 0 aliphatic carbocycles. The van der Waals surface area contributed by atoms with E-state index in [2.05, 4.69) is 0 Å². The second-order valence-electron chi connectivity index (χ2n) is 5.38. The average molecular weight is 297 g/mol. The van der Waals surface area contributed by atoms with E-state index in [4.69, 9.17) is 4.74 Å². The minimum absolute atomic E-state index is 0.159. The fourth-order valence-corrected chi connectivity index (χ4v) is 2.23. The van der Waals surface area contributed by atoms with E-state index in [1.165, 1.54) is 0 Å². The lowest BCUT2D eigenvalue weighted by Gasteiger charge is -2.17. The van der Waals surface area contributed by atoms with Crippen LogP contribution in [0, 0.1) is 0 Å². The van der Waals surface area contributed by atoms with E-state index in [0.717, 1.165) is 17.5 Å². The highest BCUT2D eigenvalue weighted by molar-refractivity contribution is 5.75. The number of ether oxygens (including phenoxy) is 1. The molecule has 116 valence electrons. The third kappa shape index (κ3) is 5.70. The van der Waals surface area contributed by atoms with Crippen molar-refractivity contribution in [1.29, 1.82) is 0 Å². The molecule has 0 aliphatic heterocycles. The Balaban J connectivity index is 1.61. The Labute approximate surface area is 132 Å². The summed E-state index contributed by atoms with van der Waals surface area (Å²) >= 11 is 0. The summed E-state index contributed by atoms with van der Waals surface area (Å²) in [6.45, 7) is 1.87. The van der Waals surface area contributed by atoms with Crippen molar-refractivity contribution in [2.24, 2.45) is 0 Å². The fraction of sp³-hybridized carbons (Fsp3) is 0.316. The van der Waals surface area contributed by atoms with Gasteiger partial charge < -0.3 is 9.64 Å². The normalized spacial score (nSPS) is 10.4. The van der Waals surface area contributed by atoms with E-state index < -0.39 is 0 Å². The Kier molecular flexibility index (Phi) is 6.65. The van der Waals surface area contributed by atoms with E-state index in [-0.39, 0.29) is 5.91 Å². The molecule has 0 atom stereocenters. The molecule has 0 spiro atoms. The van der Waals surface area contributed by atoms with Gasteiger partial charge in [-0.05, 0) is 17.5 Å². The highest BCUT2D eigenvalue weighted by atomic mass is 16.5. The number of amides is 1. The van der Waals surface area contributed by atoms with Crippen LogP contribution in [0.2, 0.25) is 0 Å². The molecule has 0 saturated carbocycles. The van der Waals surface area contributed by atoms with Gasteiger partial charge in [-0.2, -0.15) is 0 Å². The largest absolute Gasteiger partial charge is 0.377 e. The van der Waals surface area contributed by atoms with Crippen LogP contribution < -0.4 is 0 Å². The molecule has 0 saturated heterocycles. The first kappa shape index (κ1) is 16.2. The molecule has 0 heterocycles. The molecule has 2 aromatic rings. The standard InChI is InChI=1S/C19H23NO2/c1-20(15-17-9-4-2-5-10-17)19(21)13-8-14-22-16-18-11-6-3-7-12-18/h2-7,9-12H,8,13-16H2,1H3. The van der Waals surface area contributed by atoms with E-state index in [1.807, 2.05) is 67.7 Å². The van der Waals surface area contributed by atoms with Crippen LogP contribution in [0.15, 0.2) is 60.7 Å². The maximum Gasteiger partial charge on any atom is 0.222 e. The molecule has 22 heavy (non-hydrogen) atoms. The monoisotopic (exact) mass is 297 g/mol. The number of hydrogen-bond acceptors (Lipinski definition) is 2. The van der Waals surface area contributed by atoms with Gasteiger partial charge in [0.2, 0.25) is 5.91 Å². The van der Waals surface area contributed by atoms with Gasteiger partial charge in [-0.1, -0.05) is 60.7 Å². The Morgan fingerprint density at radius 1 is 0.955 bits per heavy atom. The van der Waals surface area contributed by atoms with E-state index >= 15 is 0 Å². The molecule has 0 N–H and O–H groups in total. The summed E-state index contributed by atoms with van der Waals surface area (Å²) in [5.41, 5.74) is 2.31. The van der Waals surface area contributed by atoms with Crippen molar-refractivity contribution < 1.29 is 9.53 Å². The molecule has 2 aromatic carbocycles. The van der Waals surface area contributed by atoms with Crippen LogP contribution in [0.1, 0.15) is 24.0 Å². The van der Waals surface area contributed by atoms with Crippen LogP contribution in [0.5, 0.6) is 0 Å². The first-order chi connectivity index (χ1) is 10.8. The van der Waals surface area contributed by atoms with Gasteiger partial charge in [-0.25, -0.2) is 0 Å². The Morgan fingerprint density at radius 3 is 2.18 bits per heavy atom. The zero-order chi connectivity index (χ0) is 15.6. The lowest BCUT2D eigenvalue weighted by atomic mass is 10.2. The van der Waals surface area contributed by atoms with Crippen LogP contribution in [0.4, 0.5) is 0 Å². The van der Waals surface area contributed by atoms with Crippen molar-refractivity contribution >= 4 is 5.91 Å². The maximum absolute atomic E-state index is 12.1. The number of rotatable bonds is 8. The first-order valence-electron chi connectivity index (χ1n) is 7.65. The highest BCUT2D eigenvalue weighted by Gasteiger charge is 2.08.